The van der Waals surface area contributed by atoms with E-state index in [-0.39, 0.29) is 0 Å². The van der Waals surface area contributed by atoms with Crippen molar-refractivity contribution in [2.45, 2.75) is 0 Å². The maximum Gasteiger partial charge on any atom is 0.178 e. The van der Waals surface area contributed by atoms with Crippen molar-refractivity contribution in [3.63, 3.8) is 0 Å². The minimum atomic E-state index is 0.789. The van der Waals surface area contributed by atoms with Gasteiger partial charge in [0.1, 0.15) is 11.2 Å². The summed E-state index contributed by atoms with van der Waals surface area (Å²) in [6.45, 7) is 0. The van der Waals surface area contributed by atoms with E-state index in [1.54, 1.807) is 0 Å². The molecule has 13 rings (SSSR count). The van der Waals surface area contributed by atoms with Crippen LogP contribution in [-0.4, -0.2) is 0 Å². The Morgan fingerprint density at radius 1 is 0.241 bits per heavy atom. The first kappa shape index (κ1) is 31.5. The third kappa shape index (κ3) is 4.37. The van der Waals surface area contributed by atoms with Gasteiger partial charge in [-0.25, -0.2) is 0 Å². The van der Waals surface area contributed by atoms with Crippen LogP contribution in [0.1, 0.15) is 0 Å². The Morgan fingerprint density at radius 3 is 1.43 bits per heavy atom. The van der Waals surface area contributed by atoms with Crippen molar-refractivity contribution in [3.05, 3.63) is 194 Å². The highest BCUT2D eigenvalue weighted by Gasteiger charge is 2.22. The van der Waals surface area contributed by atoms with Crippen LogP contribution in [0.4, 0.5) is 0 Å². The van der Waals surface area contributed by atoms with E-state index in [2.05, 4.69) is 182 Å². The molecule has 0 saturated carbocycles. The highest BCUT2D eigenvalue weighted by Crippen LogP contribution is 2.49. The first-order valence-corrected chi connectivity index (χ1v) is 19.9. The normalized spacial score (nSPS) is 12.1. The molecule has 0 N–H and O–H groups in total. The summed E-state index contributed by atoms with van der Waals surface area (Å²) < 4.78 is 13.3. The molecule has 0 amide bonds. The predicted molar refractivity (Wildman–Crippen MR) is 245 cm³/mol. The molecular formula is C56H32O2. The molecule has 0 unspecified atom stereocenters. The average Bonchev–Trinajstić information content (AvgIpc) is 3.86. The summed E-state index contributed by atoms with van der Waals surface area (Å²) in [7, 11) is 0. The summed E-state index contributed by atoms with van der Waals surface area (Å²) in [5.74, 6) is 0. The number of fused-ring (bicyclic) bond motifs is 13. The van der Waals surface area contributed by atoms with Crippen LogP contribution in [-0.2, 0) is 0 Å². The molecule has 0 saturated heterocycles. The minimum absolute atomic E-state index is 0.789. The second-order valence-electron chi connectivity index (χ2n) is 15.5. The van der Waals surface area contributed by atoms with Gasteiger partial charge in [-0.1, -0.05) is 164 Å². The fourth-order valence-electron chi connectivity index (χ4n) is 9.89. The SMILES string of the molecule is c1ccc2cc(-c3c4ccccc4c(-c4ccc(-c5cc6c7ccc8c9ccccc9oc8c7oc6c6ccccc56)c5ccccc45)c4ccccc34)ccc2c1. The summed E-state index contributed by atoms with van der Waals surface area (Å²) in [4.78, 5) is 0. The van der Waals surface area contributed by atoms with E-state index in [0.29, 0.717) is 0 Å². The first-order valence-electron chi connectivity index (χ1n) is 19.9. The molecule has 13 aromatic rings. The summed E-state index contributed by atoms with van der Waals surface area (Å²) in [6, 6.07) is 70.6. The van der Waals surface area contributed by atoms with Gasteiger partial charge in [0, 0.05) is 26.9 Å². The summed E-state index contributed by atoms with van der Waals surface area (Å²) in [6.07, 6.45) is 0. The maximum absolute atomic E-state index is 6.81. The standard InChI is InChI=1S/C56H32O2/c1-2-14-34-31-35(26-25-33(34)13-1)52-41-19-6-8-21-43(41)53(44-22-9-7-20-42(44)52)45-28-27-39(36-15-3-4-16-37(36)45)49-32-50-48-30-29-47-40-18-11-12-24-51(40)57-55(47)56(48)58-54(50)46-23-10-5-17-38(46)49/h1-32H. The lowest BCUT2D eigenvalue weighted by Crippen LogP contribution is -1.93. The molecule has 2 aromatic heterocycles. The second kappa shape index (κ2) is 11.9. The highest BCUT2D eigenvalue weighted by atomic mass is 16.4. The monoisotopic (exact) mass is 736 g/mol. The highest BCUT2D eigenvalue weighted by molar-refractivity contribution is 6.27. The number of hydrogen-bond donors (Lipinski definition) is 0. The van der Waals surface area contributed by atoms with Crippen molar-refractivity contribution in [2.75, 3.05) is 0 Å². The minimum Gasteiger partial charge on any atom is -0.452 e. The number of rotatable bonds is 3. The van der Waals surface area contributed by atoms with Crippen LogP contribution in [0.25, 0.3) is 131 Å². The molecule has 2 heterocycles. The summed E-state index contributed by atoms with van der Waals surface area (Å²) in [5.41, 5.74) is 10.7. The molecular weight excluding hydrogens is 705 g/mol. The lowest BCUT2D eigenvalue weighted by atomic mass is 9.83. The van der Waals surface area contributed by atoms with Crippen LogP contribution in [0.5, 0.6) is 0 Å². The smallest absolute Gasteiger partial charge is 0.178 e. The Balaban J connectivity index is 1.08. The molecule has 11 aromatic carbocycles. The fraction of sp³-hybridized carbons (Fsp3) is 0. The zero-order chi connectivity index (χ0) is 37.9. The molecule has 0 aliphatic carbocycles. The number of hydrogen-bond acceptors (Lipinski definition) is 2. The Bertz CT molecular complexity index is 3800. The van der Waals surface area contributed by atoms with Crippen molar-refractivity contribution in [1.82, 2.24) is 0 Å². The maximum atomic E-state index is 6.81. The Labute approximate surface area is 332 Å². The second-order valence-corrected chi connectivity index (χ2v) is 15.5. The largest absolute Gasteiger partial charge is 0.452 e. The third-order valence-electron chi connectivity index (χ3n) is 12.4. The van der Waals surface area contributed by atoms with Crippen molar-refractivity contribution in [1.29, 1.82) is 0 Å². The van der Waals surface area contributed by atoms with E-state index in [4.69, 9.17) is 8.83 Å². The van der Waals surface area contributed by atoms with Gasteiger partial charge in [0.2, 0.25) is 0 Å². The predicted octanol–water partition coefficient (Wildman–Crippen LogP) is 16.3. The van der Waals surface area contributed by atoms with Gasteiger partial charge < -0.3 is 8.83 Å². The van der Waals surface area contributed by atoms with Crippen LogP contribution in [0.15, 0.2) is 203 Å². The van der Waals surface area contributed by atoms with Crippen molar-refractivity contribution >= 4 is 97.7 Å². The molecule has 0 spiro atoms. The van der Waals surface area contributed by atoms with Crippen LogP contribution in [0.2, 0.25) is 0 Å². The van der Waals surface area contributed by atoms with Gasteiger partial charge >= 0.3 is 0 Å². The number of benzene rings is 11. The van der Waals surface area contributed by atoms with Crippen LogP contribution >= 0.6 is 0 Å². The Morgan fingerprint density at radius 2 is 0.724 bits per heavy atom. The van der Waals surface area contributed by atoms with Gasteiger partial charge in [0.05, 0.1) is 0 Å². The van der Waals surface area contributed by atoms with E-state index in [9.17, 15) is 0 Å². The number of furan rings is 2. The van der Waals surface area contributed by atoms with Gasteiger partial charge in [-0.15, -0.1) is 0 Å². The van der Waals surface area contributed by atoms with Crippen molar-refractivity contribution in [2.24, 2.45) is 0 Å². The first-order chi connectivity index (χ1) is 28.8. The molecule has 0 radical (unpaired) electrons. The topological polar surface area (TPSA) is 26.3 Å². The van der Waals surface area contributed by atoms with E-state index >= 15 is 0 Å². The van der Waals surface area contributed by atoms with Crippen LogP contribution in [0.3, 0.4) is 0 Å². The van der Waals surface area contributed by atoms with Crippen molar-refractivity contribution < 1.29 is 8.83 Å². The van der Waals surface area contributed by atoms with Gasteiger partial charge in [-0.3, -0.25) is 0 Å². The average molecular weight is 737 g/mol. The Hall–Kier alpha value is -7.68. The van der Waals surface area contributed by atoms with Crippen LogP contribution in [0, 0.1) is 0 Å². The summed E-state index contributed by atoms with van der Waals surface area (Å²) in [5, 5.41) is 16.5. The molecule has 0 aliphatic rings. The van der Waals surface area contributed by atoms with Crippen molar-refractivity contribution in [3.8, 4) is 33.4 Å². The molecule has 0 bridgehead atoms. The van der Waals surface area contributed by atoms with E-state index < -0.39 is 0 Å². The fourth-order valence-corrected chi connectivity index (χ4v) is 9.89. The lowest BCUT2D eigenvalue weighted by molar-refractivity contribution is 0.635. The molecule has 2 nitrogen and oxygen atoms in total. The van der Waals surface area contributed by atoms with Crippen LogP contribution < -0.4 is 0 Å². The zero-order valence-corrected chi connectivity index (χ0v) is 31.3. The number of para-hydroxylation sites is 1. The quantitative estimate of drug-likeness (QED) is 0.169. The Kier molecular flexibility index (Phi) is 6.47. The third-order valence-corrected chi connectivity index (χ3v) is 12.4. The molecule has 2 heteroatoms. The van der Waals surface area contributed by atoms with Gasteiger partial charge in [-0.2, -0.15) is 0 Å². The van der Waals surface area contributed by atoms with Gasteiger partial charge in [0.15, 0.2) is 11.2 Å². The van der Waals surface area contributed by atoms with Gasteiger partial charge in [0.25, 0.3) is 0 Å². The molecule has 58 heavy (non-hydrogen) atoms. The zero-order valence-electron chi connectivity index (χ0n) is 31.3. The molecule has 0 fully saturated rings. The molecule has 268 valence electrons. The van der Waals surface area contributed by atoms with Gasteiger partial charge in [-0.05, 0) is 112 Å². The molecule has 0 atom stereocenters. The van der Waals surface area contributed by atoms with E-state index in [0.717, 1.165) is 54.6 Å². The van der Waals surface area contributed by atoms with E-state index in [1.165, 1.54) is 76.5 Å². The summed E-state index contributed by atoms with van der Waals surface area (Å²) >= 11 is 0. The lowest BCUT2D eigenvalue weighted by Gasteiger charge is -2.20. The van der Waals surface area contributed by atoms with E-state index in [1.807, 2.05) is 12.1 Å². The molecule has 0 aliphatic heterocycles.